The van der Waals surface area contributed by atoms with E-state index in [0.717, 1.165) is 23.4 Å². The van der Waals surface area contributed by atoms with E-state index in [2.05, 4.69) is 20.9 Å². The molecule has 0 radical (unpaired) electrons. The number of amides is 4. The van der Waals surface area contributed by atoms with E-state index in [9.17, 15) is 34.2 Å². The van der Waals surface area contributed by atoms with Gasteiger partial charge in [0, 0.05) is 17.1 Å². The third kappa shape index (κ3) is 9.35. The summed E-state index contributed by atoms with van der Waals surface area (Å²) in [5, 5.41) is 26.8. The third-order valence-electron chi connectivity index (χ3n) is 6.12. The van der Waals surface area contributed by atoms with E-state index in [1.165, 1.54) is 0 Å². The standard InChI is InChI=1S/C25H37N7O7/c1-13(33)21(25(38)39)32-24(37)19(11-20(28)34)31-23(36)18(8-4-5-9-26)30-22(35)16(27)10-14-12-29-17-7-3-2-6-15(14)17/h2-3,6-7,12-13,16,18-19,21,29,33H,4-5,8-11,26-27H2,1H3,(H2,28,34)(H,30,35)(H,31,36)(H,32,37)(H,38,39). The number of H-pyrrole nitrogens is 1. The molecule has 5 unspecified atom stereocenters. The summed E-state index contributed by atoms with van der Waals surface area (Å²) in [5.74, 6) is -4.91. The number of carboxylic acids is 1. The Morgan fingerprint density at radius 3 is 2.23 bits per heavy atom. The number of rotatable bonds is 16. The van der Waals surface area contributed by atoms with Gasteiger partial charge in [0.05, 0.1) is 18.6 Å². The van der Waals surface area contributed by atoms with Gasteiger partial charge in [0.2, 0.25) is 23.6 Å². The summed E-state index contributed by atoms with van der Waals surface area (Å²) in [6.45, 7) is 1.51. The van der Waals surface area contributed by atoms with Crippen LogP contribution in [0.3, 0.4) is 0 Å². The van der Waals surface area contributed by atoms with E-state index in [1.807, 2.05) is 24.3 Å². The molecule has 0 aliphatic rings. The summed E-state index contributed by atoms with van der Waals surface area (Å²) >= 11 is 0. The second kappa shape index (κ2) is 14.8. The highest BCUT2D eigenvalue weighted by molar-refractivity contribution is 5.96. The number of fused-ring (bicyclic) bond motifs is 1. The Hall–Kier alpha value is -4.01. The molecule has 0 aliphatic carbocycles. The molecule has 14 nitrogen and oxygen atoms in total. The number of nitrogens with two attached hydrogens (primary N) is 3. The highest BCUT2D eigenvalue weighted by Gasteiger charge is 2.32. The summed E-state index contributed by atoms with van der Waals surface area (Å²) in [4.78, 5) is 64.8. The molecule has 0 fully saturated rings. The Bertz CT molecular complexity index is 1170. The number of aliphatic hydroxyl groups is 1. The van der Waals surface area contributed by atoms with Gasteiger partial charge in [-0.25, -0.2) is 4.79 Å². The number of carboxylic acid groups (broad SMARTS) is 1. The highest BCUT2D eigenvalue weighted by atomic mass is 16.4. The van der Waals surface area contributed by atoms with Gasteiger partial charge in [-0.3, -0.25) is 19.2 Å². The Labute approximate surface area is 225 Å². The fourth-order valence-electron chi connectivity index (χ4n) is 4.00. The van der Waals surface area contributed by atoms with E-state index in [1.54, 1.807) is 6.20 Å². The van der Waals surface area contributed by atoms with Crippen LogP contribution in [0.15, 0.2) is 30.5 Å². The topological polar surface area (TPSA) is 256 Å². The number of carbonyl (C=O) groups excluding carboxylic acids is 4. The van der Waals surface area contributed by atoms with Crippen molar-refractivity contribution in [1.29, 1.82) is 0 Å². The van der Waals surface area contributed by atoms with Crippen molar-refractivity contribution in [3.63, 3.8) is 0 Å². The van der Waals surface area contributed by atoms with Gasteiger partial charge in [-0.15, -0.1) is 0 Å². The molecule has 214 valence electrons. The van der Waals surface area contributed by atoms with Gasteiger partial charge in [0.25, 0.3) is 0 Å². The molecular formula is C25H37N7O7. The summed E-state index contributed by atoms with van der Waals surface area (Å²) in [7, 11) is 0. The normalized spacial score (nSPS) is 15.0. The number of hydrogen-bond acceptors (Lipinski definition) is 8. The lowest BCUT2D eigenvalue weighted by atomic mass is 10.0. The van der Waals surface area contributed by atoms with Gasteiger partial charge in [0.1, 0.15) is 12.1 Å². The van der Waals surface area contributed by atoms with E-state index in [0.29, 0.717) is 19.4 Å². The van der Waals surface area contributed by atoms with Crippen molar-refractivity contribution in [3.8, 4) is 0 Å². The number of hydrogen-bond donors (Lipinski definition) is 9. The van der Waals surface area contributed by atoms with Crippen LogP contribution in [0, 0.1) is 0 Å². The summed E-state index contributed by atoms with van der Waals surface area (Å²) in [5.41, 5.74) is 18.6. The molecule has 1 aromatic heterocycles. The molecule has 0 spiro atoms. The summed E-state index contributed by atoms with van der Waals surface area (Å²) in [6.07, 6.45) is 1.02. The van der Waals surface area contributed by atoms with Crippen molar-refractivity contribution in [2.75, 3.05) is 6.54 Å². The lowest BCUT2D eigenvalue weighted by molar-refractivity contribution is -0.145. The zero-order chi connectivity index (χ0) is 29.1. The largest absolute Gasteiger partial charge is 0.480 e. The predicted octanol–water partition coefficient (Wildman–Crippen LogP) is -2.04. The van der Waals surface area contributed by atoms with Crippen LogP contribution in [0.5, 0.6) is 0 Å². The predicted molar refractivity (Wildman–Crippen MR) is 142 cm³/mol. The molecule has 14 heteroatoms. The van der Waals surface area contributed by atoms with Gasteiger partial charge in [-0.2, -0.15) is 0 Å². The number of nitrogens with one attached hydrogen (secondary N) is 4. The van der Waals surface area contributed by atoms with Crippen molar-refractivity contribution in [2.24, 2.45) is 17.2 Å². The molecule has 2 aromatic rings. The maximum atomic E-state index is 13.1. The number of carbonyl (C=O) groups is 5. The number of benzene rings is 1. The van der Waals surface area contributed by atoms with Crippen LogP contribution in [-0.2, 0) is 30.4 Å². The molecule has 12 N–H and O–H groups in total. The molecule has 1 heterocycles. The highest BCUT2D eigenvalue weighted by Crippen LogP contribution is 2.19. The number of para-hydroxylation sites is 1. The number of aromatic amines is 1. The first kappa shape index (κ1) is 31.2. The van der Waals surface area contributed by atoms with E-state index >= 15 is 0 Å². The number of aliphatic hydroxyl groups excluding tert-OH is 1. The van der Waals surface area contributed by atoms with Crippen LogP contribution in [0.25, 0.3) is 10.9 Å². The van der Waals surface area contributed by atoms with Gasteiger partial charge in [-0.05, 0) is 50.8 Å². The maximum absolute atomic E-state index is 13.1. The van der Waals surface area contributed by atoms with E-state index < -0.39 is 66.3 Å². The molecule has 1 aromatic carbocycles. The van der Waals surface area contributed by atoms with Crippen molar-refractivity contribution in [1.82, 2.24) is 20.9 Å². The first-order valence-corrected chi connectivity index (χ1v) is 12.6. The van der Waals surface area contributed by atoms with Crippen molar-refractivity contribution in [2.45, 2.75) is 69.3 Å². The molecular weight excluding hydrogens is 510 g/mol. The fraction of sp³-hybridized carbons (Fsp3) is 0.480. The second-order valence-corrected chi connectivity index (χ2v) is 9.31. The minimum Gasteiger partial charge on any atom is -0.480 e. The smallest absolute Gasteiger partial charge is 0.328 e. The molecule has 5 atom stereocenters. The van der Waals surface area contributed by atoms with Crippen molar-refractivity contribution < 1.29 is 34.2 Å². The monoisotopic (exact) mass is 547 g/mol. The Morgan fingerprint density at radius 1 is 0.974 bits per heavy atom. The molecule has 39 heavy (non-hydrogen) atoms. The quantitative estimate of drug-likeness (QED) is 0.105. The van der Waals surface area contributed by atoms with Crippen molar-refractivity contribution in [3.05, 3.63) is 36.0 Å². The van der Waals surface area contributed by atoms with Gasteiger partial charge >= 0.3 is 5.97 Å². The molecule has 2 rings (SSSR count). The van der Waals surface area contributed by atoms with Crippen LogP contribution in [0.1, 0.15) is 38.2 Å². The average Bonchev–Trinajstić information content (AvgIpc) is 3.28. The summed E-state index contributed by atoms with van der Waals surface area (Å²) in [6, 6.07) is 2.15. The molecule has 0 bridgehead atoms. The third-order valence-corrected chi connectivity index (χ3v) is 6.12. The molecule has 0 aliphatic heterocycles. The first-order chi connectivity index (χ1) is 18.4. The lowest BCUT2D eigenvalue weighted by Crippen LogP contribution is -2.59. The van der Waals surface area contributed by atoms with Crippen LogP contribution in [0.2, 0.25) is 0 Å². The van der Waals surface area contributed by atoms with Crippen molar-refractivity contribution >= 4 is 40.5 Å². The Kier molecular flexibility index (Phi) is 11.8. The van der Waals surface area contributed by atoms with E-state index in [-0.39, 0.29) is 12.8 Å². The van der Waals surface area contributed by atoms with Crippen LogP contribution >= 0.6 is 0 Å². The number of aliphatic carboxylic acids is 1. The van der Waals surface area contributed by atoms with Crippen LogP contribution in [0.4, 0.5) is 0 Å². The zero-order valence-electron chi connectivity index (χ0n) is 21.7. The van der Waals surface area contributed by atoms with Gasteiger partial charge in [0.15, 0.2) is 6.04 Å². The maximum Gasteiger partial charge on any atom is 0.328 e. The molecule has 0 saturated heterocycles. The molecule has 0 saturated carbocycles. The van der Waals surface area contributed by atoms with Crippen LogP contribution in [-0.4, -0.2) is 81.6 Å². The number of aromatic nitrogens is 1. The lowest BCUT2D eigenvalue weighted by Gasteiger charge is -2.25. The minimum absolute atomic E-state index is 0.158. The Balaban J connectivity index is 2.14. The van der Waals surface area contributed by atoms with E-state index in [4.69, 9.17) is 17.2 Å². The zero-order valence-corrected chi connectivity index (χ0v) is 21.7. The second-order valence-electron chi connectivity index (χ2n) is 9.31. The number of unbranched alkanes of at least 4 members (excludes halogenated alkanes) is 1. The number of primary amides is 1. The Morgan fingerprint density at radius 2 is 1.62 bits per heavy atom. The van der Waals surface area contributed by atoms with Gasteiger partial charge < -0.3 is 48.3 Å². The van der Waals surface area contributed by atoms with Gasteiger partial charge in [-0.1, -0.05) is 18.2 Å². The van der Waals surface area contributed by atoms with Crippen LogP contribution < -0.4 is 33.2 Å². The first-order valence-electron chi connectivity index (χ1n) is 12.6. The fourth-order valence-corrected chi connectivity index (χ4v) is 4.00. The average molecular weight is 548 g/mol. The summed E-state index contributed by atoms with van der Waals surface area (Å²) < 4.78 is 0. The minimum atomic E-state index is -1.69. The molecule has 4 amide bonds. The SMILES string of the molecule is CC(O)C(NC(=O)C(CC(N)=O)NC(=O)C(CCCCN)NC(=O)C(N)Cc1c[nH]c2ccccc12)C(=O)O.